The van der Waals surface area contributed by atoms with Gasteiger partial charge < -0.3 is 14.4 Å². The minimum atomic E-state index is -0.121. The lowest BCUT2D eigenvalue weighted by Crippen LogP contribution is -2.41. The van der Waals surface area contributed by atoms with Crippen LogP contribution >= 0.6 is 0 Å². The highest BCUT2D eigenvalue weighted by Crippen LogP contribution is 2.18. The van der Waals surface area contributed by atoms with Crippen LogP contribution in [0.5, 0.6) is 0 Å². The van der Waals surface area contributed by atoms with Crippen LogP contribution in [0, 0.1) is 5.92 Å². The topological polar surface area (TPSA) is 71.3 Å². The van der Waals surface area contributed by atoms with Gasteiger partial charge in [0.2, 0.25) is 0 Å². The van der Waals surface area contributed by atoms with Gasteiger partial charge in [-0.2, -0.15) is 0 Å². The summed E-state index contributed by atoms with van der Waals surface area (Å²) in [6, 6.07) is 0. The number of piperidine rings is 1. The number of aliphatic imine (C=N–C) groups is 2. The molecular formula is C14H21N3O3. The fraction of sp³-hybridized carbons (Fsp3) is 0.571. The number of esters is 1. The van der Waals surface area contributed by atoms with Crippen LogP contribution in [0.2, 0.25) is 0 Å². The van der Waals surface area contributed by atoms with Crippen molar-refractivity contribution in [1.29, 1.82) is 0 Å². The zero-order chi connectivity index (χ0) is 14.8. The lowest BCUT2D eigenvalue weighted by Gasteiger charge is -2.31. The molecule has 0 saturated carbocycles. The number of amidine groups is 1. The van der Waals surface area contributed by atoms with Gasteiger partial charge in [0.05, 0.1) is 25.3 Å². The molecule has 0 radical (unpaired) electrons. The molecule has 1 saturated heterocycles. The molecule has 0 spiro atoms. The van der Waals surface area contributed by atoms with Gasteiger partial charge in [-0.15, -0.1) is 0 Å². The summed E-state index contributed by atoms with van der Waals surface area (Å²) in [4.78, 5) is 32.1. The molecule has 0 aliphatic carbocycles. The third-order valence-electron chi connectivity index (χ3n) is 3.05. The molecule has 0 unspecified atom stereocenters. The summed E-state index contributed by atoms with van der Waals surface area (Å²) in [5, 5.41) is 0. The molecule has 6 nitrogen and oxygen atoms in total. The second-order valence-corrected chi connectivity index (χ2v) is 4.34. The second kappa shape index (κ2) is 9.01. The van der Waals surface area contributed by atoms with Crippen LogP contribution < -0.4 is 0 Å². The van der Waals surface area contributed by atoms with Crippen LogP contribution in [0.3, 0.4) is 0 Å². The van der Waals surface area contributed by atoms with E-state index < -0.39 is 0 Å². The maximum atomic E-state index is 11.7. The van der Waals surface area contributed by atoms with Crippen molar-refractivity contribution in [2.75, 3.05) is 26.2 Å². The maximum Gasteiger partial charge on any atom is 0.309 e. The Morgan fingerprint density at radius 3 is 2.70 bits per heavy atom. The highest BCUT2D eigenvalue weighted by Gasteiger charge is 2.26. The van der Waals surface area contributed by atoms with Crippen molar-refractivity contribution in [3.63, 3.8) is 0 Å². The molecule has 0 amide bonds. The molecule has 0 aromatic carbocycles. The van der Waals surface area contributed by atoms with E-state index in [1.54, 1.807) is 6.21 Å². The van der Waals surface area contributed by atoms with Gasteiger partial charge in [-0.25, -0.2) is 4.99 Å². The third kappa shape index (κ3) is 4.95. The number of carbonyl (C=O) groups is 2. The zero-order valence-electron chi connectivity index (χ0n) is 11.8. The largest absolute Gasteiger partial charge is 0.466 e. The number of ether oxygens (including phenoxy) is 1. The summed E-state index contributed by atoms with van der Waals surface area (Å²) >= 11 is 0. The number of carbonyl (C=O) groups excluding carboxylic acids is 2. The van der Waals surface area contributed by atoms with E-state index in [9.17, 15) is 9.59 Å². The lowest BCUT2D eigenvalue weighted by atomic mass is 9.97. The van der Waals surface area contributed by atoms with E-state index in [4.69, 9.17) is 4.74 Å². The van der Waals surface area contributed by atoms with E-state index in [1.807, 2.05) is 11.8 Å². The van der Waals surface area contributed by atoms with E-state index in [0.29, 0.717) is 25.5 Å². The van der Waals surface area contributed by atoms with Gasteiger partial charge in [-0.1, -0.05) is 6.58 Å². The maximum absolute atomic E-state index is 11.7. The van der Waals surface area contributed by atoms with Crippen molar-refractivity contribution in [2.45, 2.75) is 19.8 Å². The Morgan fingerprint density at radius 1 is 1.45 bits per heavy atom. The van der Waals surface area contributed by atoms with Crippen LogP contribution in [0.1, 0.15) is 19.8 Å². The van der Waals surface area contributed by atoms with Crippen molar-refractivity contribution in [1.82, 2.24) is 4.90 Å². The summed E-state index contributed by atoms with van der Waals surface area (Å²) in [6.45, 7) is 7.34. The van der Waals surface area contributed by atoms with Gasteiger partial charge in [0.25, 0.3) is 0 Å². The minimum absolute atomic E-state index is 0.0388. The predicted molar refractivity (Wildman–Crippen MR) is 78.0 cm³/mol. The fourth-order valence-electron chi connectivity index (χ4n) is 2.07. The van der Waals surface area contributed by atoms with Crippen molar-refractivity contribution >= 4 is 24.3 Å². The normalized spacial score (nSPS) is 17.2. The second-order valence-electron chi connectivity index (χ2n) is 4.34. The van der Waals surface area contributed by atoms with Crippen LogP contribution in [-0.4, -0.2) is 55.4 Å². The number of hydrogen-bond donors (Lipinski definition) is 0. The molecule has 0 aromatic heterocycles. The van der Waals surface area contributed by atoms with Crippen molar-refractivity contribution in [3.05, 3.63) is 12.8 Å². The first-order chi connectivity index (χ1) is 9.72. The standard InChI is InChI=1S/C14H21N3O3/c1-3-16-13(11-15-7-10-18)17-8-5-12(6-9-17)14(19)20-4-2/h3,10-12H,1,4-9H2,2H3/b15-11-,16-13+. The van der Waals surface area contributed by atoms with E-state index in [-0.39, 0.29) is 18.4 Å². The van der Waals surface area contributed by atoms with Gasteiger partial charge >= 0.3 is 5.97 Å². The zero-order valence-corrected chi connectivity index (χ0v) is 11.8. The van der Waals surface area contributed by atoms with E-state index in [1.165, 1.54) is 6.20 Å². The highest BCUT2D eigenvalue weighted by atomic mass is 16.5. The van der Waals surface area contributed by atoms with E-state index in [2.05, 4.69) is 16.6 Å². The average Bonchev–Trinajstić information content (AvgIpc) is 2.47. The smallest absolute Gasteiger partial charge is 0.309 e. The van der Waals surface area contributed by atoms with Gasteiger partial charge in [0, 0.05) is 19.3 Å². The Hall–Kier alpha value is -1.98. The van der Waals surface area contributed by atoms with Crippen molar-refractivity contribution < 1.29 is 14.3 Å². The van der Waals surface area contributed by atoms with Crippen molar-refractivity contribution in [2.24, 2.45) is 15.9 Å². The summed E-state index contributed by atoms with van der Waals surface area (Å²) in [7, 11) is 0. The number of aldehydes is 1. The Balaban J connectivity index is 2.56. The van der Waals surface area contributed by atoms with Crippen molar-refractivity contribution in [3.8, 4) is 0 Å². The monoisotopic (exact) mass is 279 g/mol. The highest BCUT2D eigenvalue weighted by molar-refractivity contribution is 6.29. The Bertz CT molecular complexity index is 396. The lowest BCUT2D eigenvalue weighted by molar-refractivity contribution is -0.149. The van der Waals surface area contributed by atoms with Gasteiger partial charge in [-0.3, -0.25) is 9.79 Å². The van der Waals surface area contributed by atoms with Crippen LogP contribution in [0.25, 0.3) is 0 Å². The molecule has 6 heteroatoms. The molecule has 0 aromatic rings. The molecule has 1 heterocycles. The molecule has 110 valence electrons. The van der Waals surface area contributed by atoms with Crippen LogP contribution in [-0.2, 0) is 14.3 Å². The number of hydrogen-bond acceptors (Lipinski definition) is 5. The average molecular weight is 279 g/mol. The summed E-state index contributed by atoms with van der Waals surface area (Å²) in [6.07, 6.45) is 5.21. The van der Waals surface area contributed by atoms with E-state index >= 15 is 0 Å². The Kier molecular flexibility index (Phi) is 7.24. The molecule has 0 N–H and O–H groups in total. The quantitative estimate of drug-likeness (QED) is 0.315. The molecule has 0 bridgehead atoms. The summed E-state index contributed by atoms with van der Waals surface area (Å²) in [5.41, 5.74) is 0. The molecule has 1 fully saturated rings. The first kappa shape index (κ1) is 16.1. The molecule has 0 atom stereocenters. The van der Waals surface area contributed by atoms with Crippen LogP contribution in [0.15, 0.2) is 22.8 Å². The predicted octanol–water partition coefficient (Wildman–Crippen LogP) is 1.07. The van der Waals surface area contributed by atoms with Gasteiger partial charge in [0.1, 0.15) is 12.1 Å². The first-order valence-electron chi connectivity index (χ1n) is 6.76. The molecule has 1 rings (SSSR count). The molecular weight excluding hydrogens is 258 g/mol. The summed E-state index contributed by atoms with van der Waals surface area (Å²) in [5.74, 6) is 0.510. The molecule has 20 heavy (non-hydrogen) atoms. The Labute approximate surface area is 119 Å². The van der Waals surface area contributed by atoms with Crippen LogP contribution in [0.4, 0.5) is 0 Å². The Morgan fingerprint density at radius 2 is 2.15 bits per heavy atom. The van der Waals surface area contributed by atoms with Gasteiger partial charge in [0.15, 0.2) is 0 Å². The summed E-state index contributed by atoms with van der Waals surface area (Å²) < 4.78 is 5.03. The fourth-order valence-corrected chi connectivity index (χ4v) is 2.07. The molecule has 1 aliphatic heterocycles. The number of likely N-dealkylation sites (tertiary alicyclic amines) is 1. The number of nitrogens with zero attached hydrogens (tertiary/aromatic N) is 3. The van der Waals surface area contributed by atoms with E-state index in [0.717, 1.165) is 19.1 Å². The first-order valence-corrected chi connectivity index (χ1v) is 6.76. The SMILES string of the molecule is C=C/N=C(\C=N/CC=O)N1CCC(C(=O)OCC)CC1. The minimum Gasteiger partial charge on any atom is -0.466 e. The third-order valence-corrected chi connectivity index (χ3v) is 3.05. The number of rotatable bonds is 6. The molecule has 1 aliphatic rings. The van der Waals surface area contributed by atoms with Gasteiger partial charge in [-0.05, 0) is 19.8 Å².